The first-order valence-electron chi connectivity index (χ1n) is 5.26. The maximum absolute atomic E-state index is 11.8. The van der Waals surface area contributed by atoms with Crippen molar-refractivity contribution >= 4 is 0 Å². The number of aryl methyl sites for hydroxylation is 2. The first-order valence-corrected chi connectivity index (χ1v) is 5.26. The van der Waals surface area contributed by atoms with Crippen LogP contribution in [0.15, 0.2) is 40.2 Å². The summed E-state index contributed by atoms with van der Waals surface area (Å²) >= 11 is 0. The zero-order chi connectivity index (χ0) is 12.4. The van der Waals surface area contributed by atoms with Crippen LogP contribution < -0.4 is 11.2 Å². The molecule has 0 aromatic carbocycles. The molecular weight excluding hydrogens is 218 g/mol. The standard InChI is InChI=1S/C12H13N3O2/c1-9-3-5-13-10(7-9)8-15-11(16)4-6-14(2)12(15)17/h3-7H,8H2,1-2H3. The molecule has 2 aromatic heterocycles. The summed E-state index contributed by atoms with van der Waals surface area (Å²) in [5.41, 5.74) is 1.11. The maximum Gasteiger partial charge on any atom is 0.331 e. The van der Waals surface area contributed by atoms with Crippen LogP contribution in [0.1, 0.15) is 11.3 Å². The predicted molar refractivity (Wildman–Crippen MR) is 64.0 cm³/mol. The monoisotopic (exact) mass is 231 g/mol. The van der Waals surface area contributed by atoms with Crippen LogP contribution in [0.3, 0.4) is 0 Å². The van der Waals surface area contributed by atoms with E-state index in [9.17, 15) is 9.59 Å². The molecule has 2 rings (SSSR count). The molecule has 0 fully saturated rings. The highest BCUT2D eigenvalue weighted by Gasteiger charge is 2.04. The van der Waals surface area contributed by atoms with E-state index in [1.165, 1.54) is 21.4 Å². The third-order valence-electron chi connectivity index (χ3n) is 2.53. The molecule has 0 unspecified atom stereocenters. The van der Waals surface area contributed by atoms with E-state index >= 15 is 0 Å². The minimum Gasteiger partial charge on any atom is -0.303 e. The molecule has 0 atom stereocenters. The first kappa shape index (κ1) is 11.3. The Morgan fingerprint density at radius 3 is 2.76 bits per heavy atom. The molecule has 0 saturated carbocycles. The highest BCUT2D eigenvalue weighted by Crippen LogP contribution is 2.00. The summed E-state index contributed by atoms with van der Waals surface area (Å²) in [5, 5.41) is 0. The predicted octanol–water partition coefficient (Wildman–Crippen LogP) is 0.299. The fourth-order valence-corrected chi connectivity index (χ4v) is 1.61. The van der Waals surface area contributed by atoms with Crippen molar-refractivity contribution in [3.63, 3.8) is 0 Å². The third-order valence-corrected chi connectivity index (χ3v) is 2.53. The number of hydrogen-bond acceptors (Lipinski definition) is 3. The van der Waals surface area contributed by atoms with Crippen molar-refractivity contribution in [1.29, 1.82) is 0 Å². The number of nitrogens with zero attached hydrogens (tertiary/aromatic N) is 3. The fraction of sp³-hybridized carbons (Fsp3) is 0.250. The van der Waals surface area contributed by atoms with Crippen LogP contribution in [0, 0.1) is 6.92 Å². The topological polar surface area (TPSA) is 56.9 Å². The Morgan fingerprint density at radius 2 is 2.06 bits per heavy atom. The second kappa shape index (κ2) is 4.37. The van der Waals surface area contributed by atoms with Gasteiger partial charge < -0.3 is 4.57 Å². The Hall–Kier alpha value is -2.17. The highest BCUT2D eigenvalue weighted by atomic mass is 16.2. The van der Waals surface area contributed by atoms with Crippen molar-refractivity contribution < 1.29 is 0 Å². The largest absolute Gasteiger partial charge is 0.331 e. The smallest absolute Gasteiger partial charge is 0.303 e. The molecular formula is C12H13N3O2. The summed E-state index contributed by atoms with van der Waals surface area (Å²) < 4.78 is 2.54. The quantitative estimate of drug-likeness (QED) is 0.747. The molecule has 0 radical (unpaired) electrons. The van der Waals surface area contributed by atoms with Gasteiger partial charge in [0.1, 0.15) is 0 Å². The van der Waals surface area contributed by atoms with E-state index < -0.39 is 0 Å². The lowest BCUT2D eigenvalue weighted by molar-refractivity contribution is 0.631. The number of pyridine rings is 1. The van der Waals surface area contributed by atoms with E-state index in [-0.39, 0.29) is 17.8 Å². The van der Waals surface area contributed by atoms with E-state index in [1.54, 1.807) is 13.2 Å². The summed E-state index contributed by atoms with van der Waals surface area (Å²) in [7, 11) is 1.61. The lowest BCUT2D eigenvalue weighted by atomic mass is 10.2. The van der Waals surface area contributed by atoms with E-state index in [4.69, 9.17) is 0 Å². The van der Waals surface area contributed by atoms with E-state index in [0.29, 0.717) is 5.69 Å². The minimum absolute atomic E-state index is 0.202. The van der Waals surface area contributed by atoms with Crippen LogP contribution in [-0.2, 0) is 13.6 Å². The molecule has 5 nitrogen and oxygen atoms in total. The van der Waals surface area contributed by atoms with Crippen molar-refractivity contribution in [3.05, 3.63) is 62.7 Å². The van der Waals surface area contributed by atoms with E-state index in [1.807, 2.05) is 19.1 Å². The first-order chi connectivity index (χ1) is 8.08. The van der Waals surface area contributed by atoms with Gasteiger partial charge in [-0.2, -0.15) is 0 Å². The van der Waals surface area contributed by atoms with Gasteiger partial charge >= 0.3 is 5.69 Å². The van der Waals surface area contributed by atoms with Crippen LogP contribution >= 0.6 is 0 Å². The lowest BCUT2D eigenvalue weighted by Gasteiger charge is -2.06. The van der Waals surface area contributed by atoms with Crippen LogP contribution in [0.4, 0.5) is 0 Å². The number of rotatable bonds is 2. The number of aromatic nitrogens is 3. The Bertz CT molecular complexity index is 655. The SMILES string of the molecule is Cc1ccnc(Cn2c(=O)ccn(C)c2=O)c1. The van der Waals surface area contributed by atoms with Gasteiger partial charge in [0.2, 0.25) is 0 Å². The second-order valence-corrected chi connectivity index (χ2v) is 3.96. The van der Waals surface area contributed by atoms with Crippen LogP contribution in [0.5, 0.6) is 0 Å². The second-order valence-electron chi connectivity index (χ2n) is 3.96. The third kappa shape index (κ3) is 2.33. The van der Waals surface area contributed by atoms with Gasteiger partial charge in [-0.25, -0.2) is 4.79 Å². The van der Waals surface area contributed by atoms with Crippen molar-refractivity contribution in [2.45, 2.75) is 13.5 Å². The molecule has 88 valence electrons. The summed E-state index contributed by atoms with van der Waals surface area (Å²) in [5.74, 6) is 0. The fourth-order valence-electron chi connectivity index (χ4n) is 1.61. The van der Waals surface area contributed by atoms with Gasteiger partial charge in [-0.3, -0.25) is 14.3 Å². The Balaban J connectivity index is 2.47. The maximum atomic E-state index is 11.8. The molecule has 2 heterocycles. The van der Waals surface area contributed by atoms with Crippen molar-refractivity contribution in [2.24, 2.45) is 7.05 Å². The molecule has 0 aliphatic carbocycles. The average Bonchev–Trinajstić information content (AvgIpc) is 2.30. The minimum atomic E-state index is -0.333. The van der Waals surface area contributed by atoms with E-state index in [2.05, 4.69) is 4.98 Å². The average molecular weight is 231 g/mol. The van der Waals surface area contributed by atoms with Gasteiger partial charge in [0.05, 0.1) is 12.2 Å². The van der Waals surface area contributed by atoms with Gasteiger partial charge in [0.25, 0.3) is 5.56 Å². The molecule has 17 heavy (non-hydrogen) atoms. The van der Waals surface area contributed by atoms with Crippen LogP contribution in [0.2, 0.25) is 0 Å². The van der Waals surface area contributed by atoms with Gasteiger partial charge in [0, 0.05) is 25.5 Å². The Labute approximate surface area is 98.0 Å². The Morgan fingerprint density at radius 1 is 1.29 bits per heavy atom. The van der Waals surface area contributed by atoms with Crippen molar-refractivity contribution in [1.82, 2.24) is 14.1 Å². The van der Waals surface area contributed by atoms with Crippen molar-refractivity contribution in [3.8, 4) is 0 Å². The van der Waals surface area contributed by atoms with Gasteiger partial charge in [-0.1, -0.05) is 0 Å². The van der Waals surface area contributed by atoms with E-state index in [0.717, 1.165) is 5.56 Å². The van der Waals surface area contributed by atoms with Crippen LogP contribution in [0.25, 0.3) is 0 Å². The lowest BCUT2D eigenvalue weighted by Crippen LogP contribution is -2.38. The van der Waals surface area contributed by atoms with Gasteiger partial charge in [-0.05, 0) is 24.6 Å². The zero-order valence-corrected chi connectivity index (χ0v) is 9.75. The molecule has 0 bridgehead atoms. The highest BCUT2D eigenvalue weighted by molar-refractivity contribution is 5.14. The summed E-state index contributed by atoms with van der Waals surface area (Å²) in [4.78, 5) is 27.5. The molecule has 2 aromatic rings. The number of hydrogen-bond donors (Lipinski definition) is 0. The molecule has 0 N–H and O–H groups in total. The zero-order valence-electron chi connectivity index (χ0n) is 9.75. The van der Waals surface area contributed by atoms with Crippen molar-refractivity contribution in [2.75, 3.05) is 0 Å². The molecule has 0 amide bonds. The molecule has 0 spiro atoms. The molecule has 5 heteroatoms. The summed E-state index contributed by atoms with van der Waals surface area (Å²) in [6.07, 6.45) is 3.13. The molecule has 0 saturated heterocycles. The van der Waals surface area contributed by atoms with Gasteiger partial charge in [0.15, 0.2) is 0 Å². The summed E-state index contributed by atoms with van der Waals surface area (Å²) in [6, 6.07) is 5.10. The van der Waals surface area contributed by atoms with Gasteiger partial charge in [-0.15, -0.1) is 0 Å². The normalized spacial score (nSPS) is 10.5. The summed E-state index contributed by atoms with van der Waals surface area (Å²) in [6.45, 7) is 2.14. The molecule has 0 aliphatic rings. The Kier molecular flexibility index (Phi) is 2.91. The van der Waals surface area contributed by atoms with Crippen LogP contribution in [-0.4, -0.2) is 14.1 Å². The molecule has 0 aliphatic heterocycles.